The fraction of sp³-hybridized carbons (Fsp3) is 0.312. The number of nitrogens with zero attached hydrogens (tertiary/aromatic N) is 3. The predicted octanol–water partition coefficient (Wildman–Crippen LogP) is 8.85. The number of alkyl halides is 3. The normalized spacial score (nSPS) is 14.9. The Hall–Kier alpha value is -3.67. The summed E-state index contributed by atoms with van der Waals surface area (Å²) >= 11 is 0. The van der Waals surface area contributed by atoms with Crippen LogP contribution in [0.15, 0.2) is 48.5 Å². The van der Waals surface area contributed by atoms with E-state index in [1.54, 1.807) is 0 Å². The van der Waals surface area contributed by atoms with E-state index in [1.807, 2.05) is 18.2 Å². The fourth-order valence-electron chi connectivity index (χ4n) is 6.85. The van der Waals surface area contributed by atoms with Gasteiger partial charge in [0.2, 0.25) is 0 Å². The van der Waals surface area contributed by atoms with Gasteiger partial charge >= 0.3 is 6.18 Å². The Bertz CT molecular complexity index is 1840. The lowest BCUT2D eigenvalue weighted by molar-refractivity contribution is -0.211. The van der Waals surface area contributed by atoms with Crippen molar-refractivity contribution in [3.8, 4) is 5.69 Å². The molecule has 6 heteroatoms. The average Bonchev–Trinajstić information content (AvgIpc) is 3.32. The maximum Gasteiger partial charge on any atom is 0.394 e. The number of aryl methyl sites for hydroxylation is 3. The molecule has 5 aromatic rings. The molecule has 2 aliphatic heterocycles. The molecule has 3 nitrogen and oxygen atoms in total. The Kier molecular flexibility index (Phi) is 4.47. The highest BCUT2D eigenvalue weighted by Crippen LogP contribution is 2.55. The van der Waals surface area contributed by atoms with Crippen molar-refractivity contribution < 1.29 is 13.2 Å². The first-order chi connectivity index (χ1) is 17.9. The second kappa shape index (κ2) is 7.25. The minimum atomic E-state index is -4.27. The number of halogens is 3. The molecule has 0 spiro atoms. The molecule has 7 rings (SSSR count). The van der Waals surface area contributed by atoms with Crippen molar-refractivity contribution in [2.24, 2.45) is 5.41 Å². The summed E-state index contributed by atoms with van der Waals surface area (Å²) in [7, 11) is 2.11. The van der Waals surface area contributed by atoms with E-state index in [1.165, 1.54) is 52.7 Å². The summed E-state index contributed by atoms with van der Waals surface area (Å²) in [6.07, 6.45) is -4.34. The highest BCUT2D eigenvalue weighted by atomic mass is 19.4. The van der Waals surface area contributed by atoms with Crippen LogP contribution in [0.4, 0.5) is 30.2 Å². The third-order valence-electron chi connectivity index (χ3n) is 8.68. The molecule has 0 unspecified atom stereocenters. The van der Waals surface area contributed by atoms with Gasteiger partial charge in [0.1, 0.15) is 0 Å². The lowest BCUT2D eigenvalue weighted by Crippen LogP contribution is -2.34. The van der Waals surface area contributed by atoms with Gasteiger partial charge in [-0.1, -0.05) is 43.7 Å². The summed E-state index contributed by atoms with van der Waals surface area (Å²) in [4.78, 5) is 4.67. The summed E-state index contributed by atoms with van der Waals surface area (Å²) in [6, 6.07) is 17.0. The minimum Gasteiger partial charge on any atom is -0.355 e. The van der Waals surface area contributed by atoms with Crippen LogP contribution >= 0.6 is 0 Å². The zero-order valence-corrected chi connectivity index (χ0v) is 22.5. The summed E-state index contributed by atoms with van der Waals surface area (Å²) in [5, 5.41) is 4.66. The van der Waals surface area contributed by atoms with Gasteiger partial charge in [-0.3, -0.25) is 0 Å². The maximum absolute atomic E-state index is 13.8. The van der Waals surface area contributed by atoms with Crippen LogP contribution in [0, 0.1) is 26.2 Å². The van der Waals surface area contributed by atoms with Crippen molar-refractivity contribution in [2.45, 2.75) is 47.2 Å². The number of rotatable bonds is 2. The molecule has 0 bridgehead atoms. The molecule has 0 saturated heterocycles. The van der Waals surface area contributed by atoms with Gasteiger partial charge in [0.05, 0.1) is 45.9 Å². The number of hydrogen-bond donors (Lipinski definition) is 0. The van der Waals surface area contributed by atoms with Crippen LogP contribution in [0.25, 0.3) is 38.3 Å². The van der Waals surface area contributed by atoms with Crippen LogP contribution < -0.4 is 9.80 Å². The van der Waals surface area contributed by atoms with Gasteiger partial charge in [0.25, 0.3) is 0 Å². The van der Waals surface area contributed by atoms with E-state index >= 15 is 0 Å². The average molecular weight is 514 g/mol. The maximum atomic E-state index is 13.8. The van der Waals surface area contributed by atoms with Crippen LogP contribution in [-0.4, -0.2) is 24.5 Å². The number of aromatic nitrogens is 1. The van der Waals surface area contributed by atoms with E-state index in [2.05, 4.69) is 72.5 Å². The highest BCUT2D eigenvalue weighted by Gasteiger charge is 2.47. The van der Waals surface area contributed by atoms with E-state index < -0.39 is 11.6 Å². The van der Waals surface area contributed by atoms with Crippen LogP contribution in [0.1, 0.15) is 36.1 Å². The number of fused-ring (bicyclic) bond motifs is 7. The minimum absolute atomic E-state index is 0.0666. The Morgan fingerprint density at radius 1 is 0.842 bits per heavy atom. The van der Waals surface area contributed by atoms with E-state index in [9.17, 15) is 13.2 Å². The molecule has 0 fully saturated rings. The van der Waals surface area contributed by atoms with E-state index in [0.717, 1.165) is 39.8 Å². The molecule has 4 aromatic carbocycles. The van der Waals surface area contributed by atoms with E-state index in [-0.39, 0.29) is 6.42 Å². The number of benzene rings is 4. The van der Waals surface area contributed by atoms with Gasteiger partial charge in [-0.05, 0) is 78.9 Å². The van der Waals surface area contributed by atoms with Gasteiger partial charge in [-0.2, -0.15) is 13.2 Å². The molecular formula is C32H30F3N3. The summed E-state index contributed by atoms with van der Waals surface area (Å²) < 4.78 is 43.7. The first-order valence-corrected chi connectivity index (χ1v) is 13.1. The van der Waals surface area contributed by atoms with Crippen molar-refractivity contribution >= 4 is 49.6 Å². The first kappa shape index (κ1) is 23.4. The smallest absolute Gasteiger partial charge is 0.355 e. The van der Waals surface area contributed by atoms with Crippen molar-refractivity contribution in [1.29, 1.82) is 0 Å². The van der Waals surface area contributed by atoms with Crippen molar-refractivity contribution in [2.75, 3.05) is 23.5 Å². The topological polar surface area (TPSA) is 11.4 Å². The van der Waals surface area contributed by atoms with Crippen LogP contribution in [0.5, 0.6) is 0 Å². The zero-order valence-electron chi connectivity index (χ0n) is 22.5. The van der Waals surface area contributed by atoms with Crippen molar-refractivity contribution in [3.63, 3.8) is 0 Å². The molecule has 1 aromatic heterocycles. The molecule has 2 aliphatic rings. The SMILES string of the molecule is Cc1cc(C)c2c(C)c3c(cc2c1)N1CN(C)c2ccc4c5ccc(CC(C)(C)C(F)(F)F)cc5n-3c4c21. The number of hydrogen-bond acceptors (Lipinski definition) is 2. The largest absolute Gasteiger partial charge is 0.394 e. The Balaban J connectivity index is 1.61. The molecule has 38 heavy (non-hydrogen) atoms. The second-order valence-corrected chi connectivity index (χ2v) is 11.9. The molecule has 194 valence electrons. The monoisotopic (exact) mass is 513 g/mol. The van der Waals surface area contributed by atoms with Crippen LogP contribution in [0.2, 0.25) is 0 Å². The number of anilines is 3. The Labute approximate surface area is 220 Å². The molecule has 0 radical (unpaired) electrons. The molecule has 0 atom stereocenters. The molecule has 0 saturated carbocycles. The molecule has 3 heterocycles. The van der Waals surface area contributed by atoms with Crippen molar-refractivity contribution in [3.05, 3.63) is 70.8 Å². The van der Waals surface area contributed by atoms with Gasteiger partial charge in [-0.15, -0.1) is 0 Å². The second-order valence-electron chi connectivity index (χ2n) is 11.9. The third kappa shape index (κ3) is 2.92. The lowest BCUT2D eigenvalue weighted by atomic mass is 9.85. The molecular weight excluding hydrogens is 483 g/mol. The zero-order chi connectivity index (χ0) is 26.9. The fourth-order valence-corrected chi connectivity index (χ4v) is 6.85. The van der Waals surface area contributed by atoms with Crippen LogP contribution in [0.3, 0.4) is 0 Å². The van der Waals surface area contributed by atoms with Gasteiger partial charge < -0.3 is 14.4 Å². The summed E-state index contributed by atoms with van der Waals surface area (Å²) in [5.74, 6) is 0. The van der Waals surface area contributed by atoms with E-state index in [0.29, 0.717) is 5.56 Å². The van der Waals surface area contributed by atoms with Crippen LogP contribution in [-0.2, 0) is 6.42 Å². The summed E-state index contributed by atoms with van der Waals surface area (Å²) in [5.41, 5.74) is 9.25. The molecule has 0 N–H and O–H groups in total. The lowest BCUT2D eigenvalue weighted by Gasteiger charge is -2.31. The van der Waals surface area contributed by atoms with Crippen molar-refractivity contribution in [1.82, 2.24) is 4.57 Å². The quantitative estimate of drug-likeness (QED) is 0.234. The summed E-state index contributed by atoms with van der Waals surface area (Å²) in [6.45, 7) is 9.80. The predicted molar refractivity (Wildman–Crippen MR) is 151 cm³/mol. The third-order valence-corrected chi connectivity index (χ3v) is 8.68. The highest BCUT2D eigenvalue weighted by molar-refractivity contribution is 6.20. The Morgan fingerprint density at radius 3 is 2.32 bits per heavy atom. The molecule has 0 aliphatic carbocycles. The van der Waals surface area contributed by atoms with Gasteiger partial charge in [-0.25, -0.2) is 0 Å². The van der Waals surface area contributed by atoms with E-state index in [4.69, 9.17) is 0 Å². The first-order valence-electron chi connectivity index (χ1n) is 13.1. The Morgan fingerprint density at radius 2 is 1.58 bits per heavy atom. The van der Waals surface area contributed by atoms with Gasteiger partial charge in [0.15, 0.2) is 0 Å². The molecule has 0 amide bonds. The van der Waals surface area contributed by atoms with Gasteiger partial charge in [0, 0.05) is 17.8 Å². The standard InChI is InChI=1S/C32H30F3N3/c1-17-11-18(2)27-19(3)28-26(14-21(27)12-17)37-16-36(6)24-10-9-23-22-8-7-20(15-31(4,5)32(33,34)35)13-25(22)38(28)29(23)30(24)37/h7-14H,15-16H2,1-6H3.